The molecule has 0 radical (unpaired) electrons. The van der Waals surface area contributed by atoms with Crippen molar-refractivity contribution in [3.8, 4) is 0 Å². The van der Waals surface area contributed by atoms with Crippen LogP contribution in [0.3, 0.4) is 0 Å². The predicted molar refractivity (Wildman–Crippen MR) is 67.6 cm³/mol. The number of aromatic nitrogens is 4. The summed E-state index contributed by atoms with van der Waals surface area (Å²) in [6.07, 6.45) is 3.77. The minimum absolute atomic E-state index is 0.600. The molecule has 5 nitrogen and oxygen atoms in total. The van der Waals surface area contributed by atoms with Crippen molar-refractivity contribution >= 4 is 5.82 Å². The Kier molecular flexibility index (Phi) is 3.46. The van der Waals surface area contributed by atoms with Crippen LogP contribution in [0.25, 0.3) is 0 Å². The van der Waals surface area contributed by atoms with E-state index in [1.165, 1.54) is 5.69 Å². The Morgan fingerprint density at radius 1 is 1.35 bits per heavy atom. The highest BCUT2D eigenvalue weighted by Gasteiger charge is 2.04. The van der Waals surface area contributed by atoms with Crippen molar-refractivity contribution in [2.45, 2.75) is 26.9 Å². The maximum atomic E-state index is 4.32. The lowest BCUT2D eigenvalue weighted by molar-refractivity contribution is 0.470. The first-order chi connectivity index (χ1) is 8.15. The van der Waals surface area contributed by atoms with E-state index in [4.69, 9.17) is 0 Å². The fourth-order valence-corrected chi connectivity index (χ4v) is 1.71. The van der Waals surface area contributed by atoms with E-state index >= 15 is 0 Å². The van der Waals surface area contributed by atoms with Gasteiger partial charge in [0.25, 0.3) is 0 Å². The standard InChI is InChI=1S/C12H19N5/c1-10(2)9-17-11(4-6-14-17)8-13-12-5-7-16(3)15-12/h4-7,10H,8-9H2,1-3H3,(H,13,15). The van der Waals surface area contributed by atoms with Crippen LogP contribution in [0.5, 0.6) is 0 Å². The van der Waals surface area contributed by atoms with Crippen LogP contribution in [-0.4, -0.2) is 19.6 Å². The Hall–Kier alpha value is -1.78. The fourth-order valence-electron chi connectivity index (χ4n) is 1.71. The van der Waals surface area contributed by atoms with E-state index in [0.717, 1.165) is 18.9 Å². The van der Waals surface area contributed by atoms with Gasteiger partial charge >= 0.3 is 0 Å². The van der Waals surface area contributed by atoms with Gasteiger partial charge in [0.15, 0.2) is 0 Å². The summed E-state index contributed by atoms with van der Waals surface area (Å²) in [6.45, 7) is 6.09. The van der Waals surface area contributed by atoms with E-state index in [2.05, 4.69) is 29.4 Å². The van der Waals surface area contributed by atoms with E-state index < -0.39 is 0 Å². The van der Waals surface area contributed by atoms with Crippen molar-refractivity contribution in [1.29, 1.82) is 0 Å². The summed E-state index contributed by atoms with van der Waals surface area (Å²) in [6, 6.07) is 4.00. The number of aryl methyl sites for hydroxylation is 1. The fraction of sp³-hybridized carbons (Fsp3) is 0.500. The second-order valence-corrected chi connectivity index (χ2v) is 4.63. The van der Waals surface area contributed by atoms with Crippen LogP contribution in [0.1, 0.15) is 19.5 Å². The third-order valence-electron chi connectivity index (χ3n) is 2.51. The van der Waals surface area contributed by atoms with E-state index in [1.807, 2.05) is 36.3 Å². The second-order valence-electron chi connectivity index (χ2n) is 4.63. The molecule has 2 heterocycles. The molecule has 1 N–H and O–H groups in total. The number of anilines is 1. The smallest absolute Gasteiger partial charge is 0.148 e. The van der Waals surface area contributed by atoms with Crippen LogP contribution in [0.4, 0.5) is 5.82 Å². The summed E-state index contributed by atoms with van der Waals surface area (Å²) >= 11 is 0. The Morgan fingerprint density at radius 2 is 2.18 bits per heavy atom. The summed E-state index contributed by atoms with van der Waals surface area (Å²) in [5, 5.41) is 11.9. The SMILES string of the molecule is CC(C)Cn1nccc1CNc1ccn(C)n1. The van der Waals surface area contributed by atoms with E-state index in [1.54, 1.807) is 4.68 Å². The predicted octanol–water partition coefficient (Wildman–Crippen LogP) is 1.88. The van der Waals surface area contributed by atoms with E-state index in [0.29, 0.717) is 5.92 Å². The molecule has 0 unspecified atom stereocenters. The molecule has 0 aliphatic heterocycles. The van der Waals surface area contributed by atoms with Gasteiger partial charge in [-0.1, -0.05) is 13.8 Å². The lowest BCUT2D eigenvalue weighted by Crippen LogP contribution is -2.12. The molecule has 0 saturated carbocycles. The van der Waals surface area contributed by atoms with Crippen molar-refractivity contribution in [3.63, 3.8) is 0 Å². The van der Waals surface area contributed by atoms with E-state index in [9.17, 15) is 0 Å². The van der Waals surface area contributed by atoms with E-state index in [-0.39, 0.29) is 0 Å². The van der Waals surface area contributed by atoms with Gasteiger partial charge in [-0.15, -0.1) is 0 Å². The van der Waals surface area contributed by atoms with Gasteiger partial charge in [-0.2, -0.15) is 10.2 Å². The first kappa shape index (κ1) is 11.7. The Morgan fingerprint density at radius 3 is 2.82 bits per heavy atom. The van der Waals surface area contributed by atoms with Crippen LogP contribution < -0.4 is 5.32 Å². The van der Waals surface area contributed by atoms with Crippen LogP contribution in [0, 0.1) is 5.92 Å². The number of rotatable bonds is 5. The van der Waals surface area contributed by atoms with Gasteiger partial charge in [0.05, 0.1) is 12.2 Å². The van der Waals surface area contributed by atoms with Gasteiger partial charge in [-0.3, -0.25) is 9.36 Å². The molecule has 0 aliphatic carbocycles. The largest absolute Gasteiger partial charge is 0.363 e. The first-order valence-corrected chi connectivity index (χ1v) is 5.89. The molecule has 0 atom stereocenters. The average Bonchev–Trinajstić information content (AvgIpc) is 2.84. The summed E-state index contributed by atoms with van der Waals surface area (Å²) in [5.41, 5.74) is 1.18. The zero-order valence-corrected chi connectivity index (χ0v) is 10.6. The molecule has 0 fully saturated rings. The normalized spacial score (nSPS) is 11.1. The quantitative estimate of drug-likeness (QED) is 0.857. The van der Waals surface area contributed by atoms with Gasteiger partial charge in [0, 0.05) is 32.1 Å². The molecule has 2 aromatic rings. The van der Waals surface area contributed by atoms with Gasteiger partial charge in [-0.05, 0) is 12.0 Å². The Balaban J connectivity index is 1.97. The molecular formula is C12H19N5. The molecule has 0 saturated heterocycles. The summed E-state index contributed by atoms with van der Waals surface area (Å²) in [7, 11) is 1.91. The minimum atomic E-state index is 0.600. The monoisotopic (exact) mass is 233 g/mol. The average molecular weight is 233 g/mol. The molecule has 17 heavy (non-hydrogen) atoms. The topological polar surface area (TPSA) is 47.7 Å². The first-order valence-electron chi connectivity index (χ1n) is 5.89. The molecule has 0 bridgehead atoms. The molecule has 0 spiro atoms. The summed E-state index contributed by atoms with van der Waals surface area (Å²) in [5.74, 6) is 1.49. The molecule has 2 rings (SSSR count). The van der Waals surface area contributed by atoms with Crippen LogP contribution in [0.2, 0.25) is 0 Å². The van der Waals surface area contributed by atoms with Crippen molar-refractivity contribution in [2.75, 3.05) is 5.32 Å². The lowest BCUT2D eigenvalue weighted by atomic mass is 10.2. The van der Waals surface area contributed by atoms with Gasteiger partial charge in [-0.25, -0.2) is 0 Å². The van der Waals surface area contributed by atoms with Crippen LogP contribution in [0.15, 0.2) is 24.5 Å². The maximum Gasteiger partial charge on any atom is 0.148 e. The van der Waals surface area contributed by atoms with Crippen molar-refractivity contribution in [2.24, 2.45) is 13.0 Å². The highest BCUT2D eigenvalue weighted by molar-refractivity contribution is 5.32. The minimum Gasteiger partial charge on any atom is -0.363 e. The van der Waals surface area contributed by atoms with Crippen LogP contribution in [-0.2, 0) is 20.1 Å². The molecule has 0 amide bonds. The zero-order chi connectivity index (χ0) is 12.3. The molecule has 5 heteroatoms. The Bertz CT molecular complexity index is 469. The van der Waals surface area contributed by atoms with Gasteiger partial charge < -0.3 is 5.32 Å². The molecule has 0 aliphatic rings. The van der Waals surface area contributed by atoms with Crippen molar-refractivity contribution in [3.05, 3.63) is 30.2 Å². The summed E-state index contributed by atoms with van der Waals surface area (Å²) in [4.78, 5) is 0. The lowest BCUT2D eigenvalue weighted by Gasteiger charge is -2.10. The highest BCUT2D eigenvalue weighted by Crippen LogP contribution is 2.07. The third-order valence-corrected chi connectivity index (χ3v) is 2.51. The summed E-state index contributed by atoms with van der Waals surface area (Å²) < 4.78 is 3.83. The molecular weight excluding hydrogens is 214 g/mol. The number of nitrogens with zero attached hydrogens (tertiary/aromatic N) is 4. The zero-order valence-electron chi connectivity index (χ0n) is 10.6. The molecule has 0 aromatic carbocycles. The van der Waals surface area contributed by atoms with Crippen LogP contribution >= 0.6 is 0 Å². The second kappa shape index (κ2) is 5.03. The van der Waals surface area contributed by atoms with Gasteiger partial charge in [0.2, 0.25) is 0 Å². The number of hydrogen-bond donors (Lipinski definition) is 1. The van der Waals surface area contributed by atoms with Crippen molar-refractivity contribution in [1.82, 2.24) is 19.6 Å². The van der Waals surface area contributed by atoms with Crippen molar-refractivity contribution < 1.29 is 0 Å². The third kappa shape index (κ3) is 3.09. The number of nitrogens with one attached hydrogen (secondary N) is 1. The number of hydrogen-bond acceptors (Lipinski definition) is 3. The highest BCUT2D eigenvalue weighted by atomic mass is 15.3. The molecule has 92 valence electrons. The van der Waals surface area contributed by atoms with Gasteiger partial charge in [0.1, 0.15) is 5.82 Å². The Labute approximate surface area is 101 Å². The maximum absolute atomic E-state index is 4.32. The molecule has 2 aromatic heterocycles.